The number of fused-ring (bicyclic) bond motifs is 3. The summed E-state index contributed by atoms with van der Waals surface area (Å²) in [5, 5.41) is 11.0. The van der Waals surface area contributed by atoms with E-state index >= 15 is 0 Å². The van der Waals surface area contributed by atoms with Gasteiger partial charge in [-0.3, -0.25) is 4.79 Å². The van der Waals surface area contributed by atoms with Crippen LogP contribution in [0.3, 0.4) is 0 Å². The number of rotatable bonds is 0. The number of pyridine rings is 1. The summed E-state index contributed by atoms with van der Waals surface area (Å²) >= 11 is 0. The third-order valence-corrected chi connectivity index (χ3v) is 3.43. The fraction of sp³-hybridized carbons (Fsp3) is 0.357. The van der Waals surface area contributed by atoms with Crippen LogP contribution in [0, 0.1) is 0 Å². The van der Waals surface area contributed by atoms with Crippen molar-refractivity contribution in [2.24, 2.45) is 7.05 Å². The van der Waals surface area contributed by atoms with Gasteiger partial charge in [0.2, 0.25) is 0 Å². The van der Waals surface area contributed by atoms with E-state index in [2.05, 4.69) is 0 Å². The highest BCUT2D eigenvalue weighted by atomic mass is 16.5. The van der Waals surface area contributed by atoms with E-state index in [4.69, 9.17) is 4.74 Å². The quantitative estimate of drug-likeness (QED) is 0.759. The molecule has 0 aliphatic carbocycles. The third-order valence-electron chi connectivity index (χ3n) is 3.43. The lowest BCUT2D eigenvalue weighted by atomic mass is 9.94. The van der Waals surface area contributed by atoms with Crippen LogP contribution in [0.25, 0.3) is 10.9 Å². The van der Waals surface area contributed by atoms with Gasteiger partial charge in [0.15, 0.2) is 0 Å². The highest BCUT2D eigenvalue weighted by Crippen LogP contribution is 2.33. The zero-order valence-electron chi connectivity index (χ0n) is 10.4. The van der Waals surface area contributed by atoms with Crippen LogP contribution in [-0.4, -0.2) is 21.9 Å². The highest BCUT2D eigenvalue weighted by Gasteiger charge is 2.32. The highest BCUT2D eigenvalue weighted by molar-refractivity contribution is 5.86. The largest absolute Gasteiger partial charge is 0.489 e. The number of benzene rings is 1. The number of aromatic nitrogens is 1. The SMILES string of the molecule is Cn1c(=O)c2c(c3ccccc31)OCC(C)(O)C2. The van der Waals surface area contributed by atoms with E-state index in [1.165, 1.54) is 0 Å². The molecule has 1 aromatic heterocycles. The van der Waals surface area contributed by atoms with E-state index in [0.29, 0.717) is 17.7 Å². The molecule has 3 rings (SSSR count). The summed E-state index contributed by atoms with van der Waals surface area (Å²) in [6, 6.07) is 7.65. The summed E-state index contributed by atoms with van der Waals surface area (Å²) < 4.78 is 7.23. The molecule has 1 N–H and O–H groups in total. The molecule has 0 spiro atoms. The molecule has 4 nitrogen and oxygen atoms in total. The predicted molar refractivity (Wildman–Crippen MR) is 69.0 cm³/mol. The molecular formula is C14H15NO3. The van der Waals surface area contributed by atoms with Gasteiger partial charge in [-0.1, -0.05) is 12.1 Å². The number of nitrogens with zero attached hydrogens (tertiary/aromatic N) is 1. The molecule has 0 saturated heterocycles. The lowest BCUT2D eigenvalue weighted by molar-refractivity contribution is -0.000486. The Morgan fingerprint density at radius 1 is 1.39 bits per heavy atom. The molecule has 4 heteroatoms. The van der Waals surface area contributed by atoms with Crippen molar-refractivity contribution >= 4 is 10.9 Å². The number of hydrogen-bond acceptors (Lipinski definition) is 3. The molecule has 1 atom stereocenters. The van der Waals surface area contributed by atoms with E-state index in [0.717, 1.165) is 10.9 Å². The van der Waals surface area contributed by atoms with Gasteiger partial charge in [0.1, 0.15) is 18.0 Å². The van der Waals surface area contributed by atoms with Crippen molar-refractivity contribution in [1.29, 1.82) is 0 Å². The van der Waals surface area contributed by atoms with Gasteiger partial charge in [0.05, 0.1) is 11.1 Å². The summed E-state index contributed by atoms with van der Waals surface area (Å²) in [5.74, 6) is 0.625. The van der Waals surface area contributed by atoms with Crippen molar-refractivity contribution < 1.29 is 9.84 Å². The van der Waals surface area contributed by atoms with Crippen molar-refractivity contribution in [3.63, 3.8) is 0 Å². The molecule has 0 fully saturated rings. The van der Waals surface area contributed by atoms with E-state index in [1.54, 1.807) is 18.5 Å². The zero-order valence-corrected chi connectivity index (χ0v) is 10.4. The van der Waals surface area contributed by atoms with Crippen molar-refractivity contribution in [2.75, 3.05) is 6.61 Å². The minimum absolute atomic E-state index is 0.0938. The lowest BCUT2D eigenvalue weighted by Crippen LogP contribution is -2.42. The van der Waals surface area contributed by atoms with Gasteiger partial charge < -0.3 is 14.4 Å². The molecule has 0 amide bonds. The van der Waals surface area contributed by atoms with Crippen LogP contribution < -0.4 is 10.3 Å². The van der Waals surface area contributed by atoms with Crippen LogP contribution in [0.15, 0.2) is 29.1 Å². The minimum Gasteiger partial charge on any atom is -0.489 e. The van der Waals surface area contributed by atoms with E-state index in [9.17, 15) is 9.90 Å². The fourth-order valence-electron chi connectivity index (χ4n) is 2.51. The lowest BCUT2D eigenvalue weighted by Gasteiger charge is -2.30. The normalized spacial score (nSPS) is 22.6. The molecule has 18 heavy (non-hydrogen) atoms. The maximum Gasteiger partial charge on any atom is 0.257 e. The molecule has 1 aliphatic heterocycles. The second-order valence-corrected chi connectivity index (χ2v) is 5.15. The molecule has 1 aliphatic rings. The van der Waals surface area contributed by atoms with Crippen LogP contribution in [-0.2, 0) is 13.5 Å². The first-order valence-corrected chi connectivity index (χ1v) is 5.95. The summed E-state index contributed by atoms with van der Waals surface area (Å²) in [5.41, 5.74) is 0.348. The molecule has 2 heterocycles. The maximum atomic E-state index is 12.3. The summed E-state index contributed by atoms with van der Waals surface area (Å²) in [4.78, 5) is 12.3. The Morgan fingerprint density at radius 3 is 2.89 bits per heavy atom. The van der Waals surface area contributed by atoms with E-state index in [1.807, 2.05) is 24.3 Å². The molecule has 0 radical (unpaired) electrons. The van der Waals surface area contributed by atoms with Crippen molar-refractivity contribution in [2.45, 2.75) is 18.9 Å². The van der Waals surface area contributed by atoms with Gasteiger partial charge >= 0.3 is 0 Å². The van der Waals surface area contributed by atoms with Crippen molar-refractivity contribution in [1.82, 2.24) is 4.57 Å². The summed E-state index contributed by atoms with van der Waals surface area (Å²) in [7, 11) is 1.74. The minimum atomic E-state index is -0.971. The van der Waals surface area contributed by atoms with Gasteiger partial charge in [0.25, 0.3) is 5.56 Å². The molecule has 1 aromatic carbocycles. The first-order valence-electron chi connectivity index (χ1n) is 5.95. The Hall–Kier alpha value is -1.81. The number of aliphatic hydroxyl groups is 1. The van der Waals surface area contributed by atoms with Gasteiger partial charge in [-0.05, 0) is 19.1 Å². The predicted octanol–water partition coefficient (Wildman–Crippen LogP) is 1.22. The Kier molecular flexibility index (Phi) is 2.25. The Labute approximate surface area is 104 Å². The molecule has 0 bridgehead atoms. The Balaban J connectivity index is 2.39. The van der Waals surface area contributed by atoms with Gasteiger partial charge in [-0.15, -0.1) is 0 Å². The Morgan fingerprint density at radius 2 is 2.11 bits per heavy atom. The molecule has 2 aromatic rings. The average Bonchev–Trinajstić information content (AvgIpc) is 2.35. The van der Waals surface area contributed by atoms with Gasteiger partial charge in [0, 0.05) is 18.9 Å². The molecule has 1 unspecified atom stereocenters. The van der Waals surface area contributed by atoms with Crippen LogP contribution >= 0.6 is 0 Å². The van der Waals surface area contributed by atoms with Gasteiger partial charge in [-0.25, -0.2) is 0 Å². The molecular weight excluding hydrogens is 230 g/mol. The first kappa shape index (κ1) is 11.3. The number of ether oxygens (including phenoxy) is 1. The standard InChI is InChI=1S/C14H15NO3/c1-14(17)7-10-12(18-8-14)9-5-3-4-6-11(9)15(2)13(10)16/h3-6,17H,7-8H2,1-2H3. The monoisotopic (exact) mass is 245 g/mol. The average molecular weight is 245 g/mol. The maximum absolute atomic E-state index is 12.3. The van der Waals surface area contributed by atoms with Crippen LogP contribution in [0.5, 0.6) is 5.75 Å². The fourth-order valence-corrected chi connectivity index (χ4v) is 2.51. The third kappa shape index (κ3) is 1.53. The number of para-hydroxylation sites is 1. The smallest absolute Gasteiger partial charge is 0.257 e. The van der Waals surface area contributed by atoms with Crippen molar-refractivity contribution in [3.8, 4) is 5.75 Å². The second-order valence-electron chi connectivity index (χ2n) is 5.15. The van der Waals surface area contributed by atoms with Crippen LogP contribution in [0.1, 0.15) is 12.5 Å². The number of hydrogen-bond donors (Lipinski definition) is 1. The summed E-state index contributed by atoms with van der Waals surface area (Å²) in [6.45, 7) is 1.90. The zero-order chi connectivity index (χ0) is 12.9. The van der Waals surface area contributed by atoms with Crippen LogP contribution in [0.4, 0.5) is 0 Å². The second kappa shape index (κ2) is 3.59. The number of aryl methyl sites for hydroxylation is 1. The van der Waals surface area contributed by atoms with Gasteiger partial charge in [-0.2, -0.15) is 0 Å². The first-order chi connectivity index (χ1) is 8.49. The van der Waals surface area contributed by atoms with Crippen LogP contribution in [0.2, 0.25) is 0 Å². The topological polar surface area (TPSA) is 51.5 Å². The van der Waals surface area contributed by atoms with E-state index < -0.39 is 5.60 Å². The summed E-state index contributed by atoms with van der Waals surface area (Å²) in [6.07, 6.45) is 0.333. The van der Waals surface area contributed by atoms with Crippen molar-refractivity contribution in [3.05, 3.63) is 40.2 Å². The Bertz CT molecular complexity index is 685. The molecule has 0 saturated carbocycles. The molecule has 94 valence electrons. The van der Waals surface area contributed by atoms with E-state index in [-0.39, 0.29) is 12.2 Å².